The highest BCUT2D eigenvalue weighted by atomic mass is 14.1. The molecule has 0 aliphatic rings. The van der Waals surface area contributed by atoms with Crippen LogP contribution in [-0.4, -0.2) is 0 Å². The van der Waals surface area contributed by atoms with Crippen molar-refractivity contribution in [2.24, 2.45) is 5.92 Å². The molecule has 0 aromatic rings. The lowest BCUT2D eigenvalue weighted by Crippen LogP contribution is -2.00. The Balaban J connectivity index is 4.22. The van der Waals surface area contributed by atoms with Crippen LogP contribution in [0.25, 0.3) is 0 Å². The predicted octanol–water partition coefficient (Wildman–Crippen LogP) is 5.06. The van der Waals surface area contributed by atoms with E-state index >= 15 is 0 Å². The molecule has 0 aliphatic carbocycles. The largest absolute Gasteiger partial charge is 0.100 e. The highest BCUT2D eigenvalue weighted by Crippen LogP contribution is 2.22. The third-order valence-electron chi connectivity index (χ3n) is 2.66. The van der Waals surface area contributed by atoms with E-state index in [-0.39, 0.29) is 0 Å². The molecule has 1 atom stereocenters. The highest BCUT2D eigenvalue weighted by Gasteiger charge is 2.07. The number of rotatable bonds is 7. The van der Waals surface area contributed by atoms with Crippen LogP contribution in [0.2, 0.25) is 0 Å². The van der Waals surface area contributed by atoms with Crippen molar-refractivity contribution in [3.8, 4) is 0 Å². The molecule has 0 aromatic heterocycles. The maximum Gasteiger partial charge on any atom is -0.0171 e. The van der Waals surface area contributed by atoms with Gasteiger partial charge in [0.2, 0.25) is 0 Å². The van der Waals surface area contributed by atoms with Crippen molar-refractivity contribution < 1.29 is 0 Å². The van der Waals surface area contributed by atoms with E-state index in [1.165, 1.54) is 16.7 Å². The van der Waals surface area contributed by atoms with Gasteiger partial charge in [0.25, 0.3) is 0 Å². The van der Waals surface area contributed by atoms with Crippen molar-refractivity contribution >= 4 is 0 Å². The summed E-state index contributed by atoms with van der Waals surface area (Å²) in [7, 11) is 0. The Hall–Kier alpha value is -1.04. The van der Waals surface area contributed by atoms with Crippen molar-refractivity contribution in [2.75, 3.05) is 0 Å². The Morgan fingerprint density at radius 1 is 1.20 bits per heavy atom. The second-order valence-electron chi connectivity index (χ2n) is 4.43. The lowest BCUT2D eigenvalue weighted by atomic mass is 9.91. The molecule has 0 bridgehead atoms. The SMILES string of the molecule is C=C/C(C)=C\C[C@@H](CCC(=C)C)C(=C)C. The summed E-state index contributed by atoms with van der Waals surface area (Å²) in [5, 5.41) is 0. The third kappa shape index (κ3) is 6.96. The van der Waals surface area contributed by atoms with Gasteiger partial charge in [-0.1, -0.05) is 42.0 Å². The van der Waals surface area contributed by atoms with Gasteiger partial charge in [0, 0.05) is 0 Å². The van der Waals surface area contributed by atoms with Crippen molar-refractivity contribution in [3.63, 3.8) is 0 Å². The Morgan fingerprint density at radius 3 is 2.20 bits per heavy atom. The molecule has 0 amide bonds. The average molecular weight is 204 g/mol. The molecule has 0 unspecified atom stereocenters. The summed E-state index contributed by atoms with van der Waals surface area (Å²) in [4.78, 5) is 0. The van der Waals surface area contributed by atoms with Crippen molar-refractivity contribution in [2.45, 2.75) is 40.0 Å². The smallest absolute Gasteiger partial charge is 0.0171 e. The van der Waals surface area contributed by atoms with Gasteiger partial charge in [-0.25, -0.2) is 0 Å². The summed E-state index contributed by atoms with van der Waals surface area (Å²) in [5.74, 6) is 0.580. The molecule has 0 nitrogen and oxygen atoms in total. The molecule has 0 rings (SSSR count). The van der Waals surface area contributed by atoms with Gasteiger partial charge in [0.05, 0.1) is 0 Å². The summed E-state index contributed by atoms with van der Waals surface area (Å²) in [5.41, 5.74) is 3.77. The third-order valence-corrected chi connectivity index (χ3v) is 2.66. The molecule has 84 valence electrons. The minimum Gasteiger partial charge on any atom is -0.100 e. The first-order chi connectivity index (χ1) is 6.97. The molecule has 0 N–H and O–H groups in total. The molecule has 0 fully saturated rings. The summed E-state index contributed by atoms with van der Waals surface area (Å²) in [6.07, 6.45) is 7.46. The van der Waals surface area contributed by atoms with Crippen LogP contribution < -0.4 is 0 Å². The molecule has 0 aromatic carbocycles. The molecular formula is C15H24. The summed E-state index contributed by atoms with van der Waals surface area (Å²) < 4.78 is 0. The van der Waals surface area contributed by atoms with Gasteiger partial charge < -0.3 is 0 Å². The van der Waals surface area contributed by atoms with Crippen molar-refractivity contribution in [1.82, 2.24) is 0 Å². The van der Waals surface area contributed by atoms with Gasteiger partial charge in [-0.3, -0.25) is 0 Å². The summed E-state index contributed by atoms with van der Waals surface area (Å²) in [6, 6.07) is 0. The second kappa shape index (κ2) is 7.28. The van der Waals surface area contributed by atoms with Crippen LogP contribution in [-0.2, 0) is 0 Å². The normalized spacial score (nSPS) is 13.4. The first kappa shape index (κ1) is 14.0. The van der Waals surface area contributed by atoms with E-state index < -0.39 is 0 Å². The molecule has 0 spiro atoms. The van der Waals surface area contributed by atoms with E-state index in [1.54, 1.807) is 0 Å². The average Bonchev–Trinajstić information content (AvgIpc) is 2.16. The Kier molecular flexibility index (Phi) is 6.77. The fourth-order valence-electron chi connectivity index (χ4n) is 1.40. The number of hydrogen-bond donors (Lipinski definition) is 0. The molecule has 0 radical (unpaired) electrons. The van der Waals surface area contributed by atoms with Crippen LogP contribution in [0.1, 0.15) is 40.0 Å². The number of hydrogen-bond acceptors (Lipinski definition) is 0. The first-order valence-corrected chi connectivity index (χ1v) is 5.56. The summed E-state index contributed by atoms with van der Waals surface area (Å²) >= 11 is 0. The zero-order valence-corrected chi connectivity index (χ0v) is 10.5. The molecule has 0 heterocycles. The Morgan fingerprint density at radius 2 is 1.80 bits per heavy atom. The van der Waals surface area contributed by atoms with Gasteiger partial charge in [-0.15, -0.1) is 6.58 Å². The van der Waals surface area contributed by atoms with E-state index in [4.69, 9.17) is 0 Å². The molecule has 0 aliphatic heterocycles. The Bertz CT molecular complexity index is 266. The monoisotopic (exact) mass is 204 g/mol. The lowest BCUT2D eigenvalue weighted by molar-refractivity contribution is 0.566. The maximum absolute atomic E-state index is 4.05. The molecule has 15 heavy (non-hydrogen) atoms. The van der Waals surface area contributed by atoms with Crippen LogP contribution in [0.5, 0.6) is 0 Å². The van der Waals surface area contributed by atoms with Gasteiger partial charge in [0.15, 0.2) is 0 Å². The van der Waals surface area contributed by atoms with Crippen LogP contribution in [0, 0.1) is 5.92 Å². The Labute approximate surface area is 95.1 Å². The zero-order chi connectivity index (χ0) is 11.8. The van der Waals surface area contributed by atoms with Gasteiger partial charge in [0.1, 0.15) is 0 Å². The summed E-state index contributed by atoms with van der Waals surface area (Å²) in [6.45, 7) is 18.0. The van der Waals surface area contributed by atoms with E-state index in [9.17, 15) is 0 Å². The topological polar surface area (TPSA) is 0 Å². The van der Waals surface area contributed by atoms with Crippen LogP contribution >= 0.6 is 0 Å². The minimum atomic E-state index is 0.580. The van der Waals surface area contributed by atoms with E-state index in [1.807, 2.05) is 6.08 Å². The lowest BCUT2D eigenvalue weighted by Gasteiger charge is -2.15. The van der Waals surface area contributed by atoms with Crippen LogP contribution in [0.15, 0.2) is 48.6 Å². The predicted molar refractivity (Wildman–Crippen MR) is 70.9 cm³/mol. The standard InChI is InChI=1S/C15H24/c1-7-14(6)9-11-15(13(4)5)10-8-12(2)3/h7,9,15H,1-2,4,8,10-11H2,3,5-6H3/b14-9-/t15-/m1/s1. The van der Waals surface area contributed by atoms with Gasteiger partial charge in [-0.2, -0.15) is 0 Å². The number of allylic oxidation sites excluding steroid dienone is 5. The van der Waals surface area contributed by atoms with E-state index in [0.29, 0.717) is 5.92 Å². The minimum absolute atomic E-state index is 0.580. The molecule has 0 saturated heterocycles. The maximum atomic E-state index is 4.05. The fourth-order valence-corrected chi connectivity index (χ4v) is 1.40. The van der Waals surface area contributed by atoms with Crippen molar-refractivity contribution in [1.29, 1.82) is 0 Å². The second-order valence-corrected chi connectivity index (χ2v) is 4.43. The first-order valence-electron chi connectivity index (χ1n) is 5.56. The quantitative estimate of drug-likeness (QED) is 0.402. The van der Waals surface area contributed by atoms with E-state index in [0.717, 1.165) is 19.3 Å². The van der Waals surface area contributed by atoms with Crippen molar-refractivity contribution in [3.05, 3.63) is 48.6 Å². The van der Waals surface area contributed by atoms with Crippen LogP contribution in [0.3, 0.4) is 0 Å². The molecule has 0 saturated carbocycles. The van der Waals surface area contributed by atoms with Crippen LogP contribution in [0.4, 0.5) is 0 Å². The fraction of sp³-hybridized carbons (Fsp3) is 0.467. The molecule has 0 heteroatoms. The molecular weight excluding hydrogens is 180 g/mol. The zero-order valence-electron chi connectivity index (χ0n) is 10.5. The van der Waals surface area contributed by atoms with Gasteiger partial charge >= 0.3 is 0 Å². The van der Waals surface area contributed by atoms with E-state index in [2.05, 4.69) is 46.6 Å². The van der Waals surface area contributed by atoms with Gasteiger partial charge in [-0.05, 0) is 46.0 Å². The highest BCUT2D eigenvalue weighted by molar-refractivity contribution is 5.14.